The molecule has 0 unspecified atom stereocenters. The molecule has 0 radical (unpaired) electrons. The standard InChI is InChI=1S/C11H16ClNO2/c1-11(2,3)15-7-6-14-9-4-5-13-10(12)8-9/h4-5,8H,6-7H2,1-3H3. The number of hydrogen-bond acceptors (Lipinski definition) is 3. The molecule has 1 aromatic heterocycles. The van der Waals surface area contributed by atoms with Crippen molar-refractivity contribution >= 4 is 11.6 Å². The Morgan fingerprint density at radius 3 is 2.67 bits per heavy atom. The zero-order valence-corrected chi connectivity index (χ0v) is 10.0. The first kappa shape index (κ1) is 12.3. The first-order chi connectivity index (χ1) is 6.97. The number of hydrogen-bond donors (Lipinski definition) is 0. The first-order valence-corrected chi connectivity index (χ1v) is 5.23. The Morgan fingerprint density at radius 1 is 1.33 bits per heavy atom. The second kappa shape index (κ2) is 5.33. The van der Waals surface area contributed by atoms with Gasteiger partial charge in [0.15, 0.2) is 0 Å². The third kappa shape index (κ3) is 5.60. The van der Waals surface area contributed by atoms with Crippen molar-refractivity contribution in [2.24, 2.45) is 0 Å². The summed E-state index contributed by atoms with van der Waals surface area (Å²) >= 11 is 5.71. The minimum absolute atomic E-state index is 0.126. The maximum atomic E-state index is 5.71. The molecule has 0 aliphatic heterocycles. The van der Waals surface area contributed by atoms with E-state index in [2.05, 4.69) is 4.98 Å². The van der Waals surface area contributed by atoms with Crippen LogP contribution in [0.1, 0.15) is 20.8 Å². The maximum absolute atomic E-state index is 5.71. The summed E-state index contributed by atoms with van der Waals surface area (Å²) in [5, 5.41) is 0.434. The van der Waals surface area contributed by atoms with Crippen LogP contribution in [0.25, 0.3) is 0 Å². The Hall–Kier alpha value is -0.800. The van der Waals surface area contributed by atoms with Gasteiger partial charge < -0.3 is 9.47 Å². The van der Waals surface area contributed by atoms with E-state index in [4.69, 9.17) is 21.1 Å². The molecule has 0 aromatic carbocycles. The van der Waals surface area contributed by atoms with Gasteiger partial charge in [0.05, 0.1) is 12.2 Å². The maximum Gasteiger partial charge on any atom is 0.132 e. The summed E-state index contributed by atoms with van der Waals surface area (Å²) in [6, 6.07) is 3.45. The Morgan fingerprint density at radius 2 is 2.07 bits per heavy atom. The van der Waals surface area contributed by atoms with E-state index in [0.717, 1.165) is 0 Å². The third-order valence-electron chi connectivity index (χ3n) is 1.59. The van der Waals surface area contributed by atoms with Crippen LogP contribution >= 0.6 is 11.6 Å². The van der Waals surface area contributed by atoms with Crippen LogP contribution in [0.3, 0.4) is 0 Å². The van der Waals surface area contributed by atoms with Gasteiger partial charge in [-0.1, -0.05) is 11.6 Å². The molecule has 0 N–H and O–H groups in total. The minimum Gasteiger partial charge on any atom is -0.491 e. The van der Waals surface area contributed by atoms with Crippen LogP contribution in [0.5, 0.6) is 5.75 Å². The highest BCUT2D eigenvalue weighted by Gasteiger charge is 2.09. The van der Waals surface area contributed by atoms with Crippen LogP contribution < -0.4 is 4.74 Å². The fraction of sp³-hybridized carbons (Fsp3) is 0.545. The van der Waals surface area contributed by atoms with Crippen LogP contribution in [-0.2, 0) is 4.74 Å². The van der Waals surface area contributed by atoms with Gasteiger partial charge in [-0.05, 0) is 26.8 Å². The molecule has 4 heteroatoms. The molecule has 0 aliphatic carbocycles. The molecule has 1 rings (SSSR count). The smallest absolute Gasteiger partial charge is 0.132 e. The van der Waals surface area contributed by atoms with Crippen molar-refractivity contribution in [1.29, 1.82) is 0 Å². The van der Waals surface area contributed by atoms with Crippen molar-refractivity contribution in [2.75, 3.05) is 13.2 Å². The lowest BCUT2D eigenvalue weighted by Crippen LogP contribution is -2.22. The van der Waals surface area contributed by atoms with E-state index in [-0.39, 0.29) is 5.60 Å². The number of rotatable bonds is 4. The van der Waals surface area contributed by atoms with Gasteiger partial charge in [0.25, 0.3) is 0 Å². The lowest BCUT2D eigenvalue weighted by molar-refractivity contribution is -0.0163. The Labute approximate surface area is 95.4 Å². The molecule has 0 bridgehead atoms. The lowest BCUT2D eigenvalue weighted by atomic mass is 10.2. The molecule has 1 heterocycles. The van der Waals surface area contributed by atoms with Crippen molar-refractivity contribution in [2.45, 2.75) is 26.4 Å². The highest BCUT2D eigenvalue weighted by molar-refractivity contribution is 6.29. The van der Waals surface area contributed by atoms with Crippen LogP contribution in [0.2, 0.25) is 5.15 Å². The van der Waals surface area contributed by atoms with Crippen molar-refractivity contribution in [3.05, 3.63) is 23.5 Å². The molecule has 0 atom stereocenters. The van der Waals surface area contributed by atoms with Gasteiger partial charge in [0, 0.05) is 12.3 Å². The number of nitrogens with zero attached hydrogens (tertiary/aromatic N) is 1. The van der Waals surface area contributed by atoms with Gasteiger partial charge in [-0.3, -0.25) is 0 Å². The normalized spacial score (nSPS) is 11.5. The first-order valence-electron chi connectivity index (χ1n) is 4.86. The van der Waals surface area contributed by atoms with E-state index in [1.54, 1.807) is 18.3 Å². The Kier molecular flexibility index (Phi) is 4.36. The number of aromatic nitrogens is 1. The molecule has 84 valence electrons. The topological polar surface area (TPSA) is 31.4 Å². The quantitative estimate of drug-likeness (QED) is 0.588. The van der Waals surface area contributed by atoms with Gasteiger partial charge >= 0.3 is 0 Å². The zero-order chi connectivity index (χ0) is 11.3. The fourth-order valence-corrected chi connectivity index (χ4v) is 1.15. The summed E-state index contributed by atoms with van der Waals surface area (Å²) in [4.78, 5) is 3.86. The van der Waals surface area contributed by atoms with E-state index in [1.807, 2.05) is 20.8 Å². The zero-order valence-electron chi connectivity index (χ0n) is 9.29. The summed E-state index contributed by atoms with van der Waals surface area (Å²) in [7, 11) is 0. The van der Waals surface area contributed by atoms with E-state index in [1.165, 1.54) is 0 Å². The van der Waals surface area contributed by atoms with Crippen molar-refractivity contribution < 1.29 is 9.47 Å². The average molecular weight is 230 g/mol. The summed E-state index contributed by atoms with van der Waals surface area (Å²) in [6.07, 6.45) is 1.61. The van der Waals surface area contributed by atoms with E-state index < -0.39 is 0 Å². The SMILES string of the molecule is CC(C)(C)OCCOc1ccnc(Cl)c1. The average Bonchev–Trinajstić information content (AvgIpc) is 2.11. The molecule has 1 aromatic rings. The summed E-state index contributed by atoms with van der Waals surface area (Å²) in [5.74, 6) is 0.715. The van der Waals surface area contributed by atoms with Crippen LogP contribution in [0.15, 0.2) is 18.3 Å². The van der Waals surface area contributed by atoms with Crippen molar-refractivity contribution in [1.82, 2.24) is 4.98 Å². The predicted molar refractivity (Wildman–Crippen MR) is 60.4 cm³/mol. The fourth-order valence-electron chi connectivity index (χ4n) is 0.982. The molecule has 3 nitrogen and oxygen atoms in total. The molecule has 0 spiro atoms. The second-order valence-corrected chi connectivity index (χ2v) is 4.51. The molecule has 0 amide bonds. The summed E-state index contributed by atoms with van der Waals surface area (Å²) in [5.41, 5.74) is -0.126. The number of pyridine rings is 1. The van der Waals surface area contributed by atoms with Crippen molar-refractivity contribution in [3.63, 3.8) is 0 Å². The monoisotopic (exact) mass is 229 g/mol. The van der Waals surface area contributed by atoms with Gasteiger partial charge in [0.1, 0.15) is 17.5 Å². The van der Waals surface area contributed by atoms with E-state index >= 15 is 0 Å². The number of halogens is 1. The van der Waals surface area contributed by atoms with Crippen LogP contribution in [0.4, 0.5) is 0 Å². The largest absolute Gasteiger partial charge is 0.491 e. The van der Waals surface area contributed by atoms with Gasteiger partial charge in [-0.15, -0.1) is 0 Å². The van der Waals surface area contributed by atoms with E-state index in [9.17, 15) is 0 Å². The summed E-state index contributed by atoms with van der Waals surface area (Å²) in [6.45, 7) is 7.10. The molecule has 0 fully saturated rings. The highest BCUT2D eigenvalue weighted by atomic mass is 35.5. The van der Waals surface area contributed by atoms with Gasteiger partial charge in [-0.2, -0.15) is 0 Å². The third-order valence-corrected chi connectivity index (χ3v) is 1.79. The number of ether oxygens (including phenoxy) is 2. The second-order valence-electron chi connectivity index (χ2n) is 4.12. The predicted octanol–water partition coefficient (Wildman–Crippen LogP) is 2.93. The Balaban J connectivity index is 2.26. The molecule has 0 aliphatic rings. The lowest BCUT2D eigenvalue weighted by Gasteiger charge is -2.19. The van der Waals surface area contributed by atoms with Crippen LogP contribution in [0, 0.1) is 0 Å². The minimum atomic E-state index is -0.126. The van der Waals surface area contributed by atoms with Crippen LogP contribution in [-0.4, -0.2) is 23.8 Å². The summed E-state index contributed by atoms with van der Waals surface area (Å²) < 4.78 is 10.9. The van der Waals surface area contributed by atoms with Gasteiger partial charge in [0.2, 0.25) is 0 Å². The molecule has 0 saturated carbocycles. The molecule has 0 saturated heterocycles. The molecular formula is C11H16ClNO2. The molecule has 15 heavy (non-hydrogen) atoms. The molecular weight excluding hydrogens is 214 g/mol. The Bertz CT molecular complexity index is 310. The highest BCUT2D eigenvalue weighted by Crippen LogP contribution is 2.14. The van der Waals surface area contributed by atoms with Gasteiger partial charge in [-0.25, -0.2) is 4.98 Å². The van der Waals surface area contributed by atoms with E-state index in [0.29, 0.717) is 24.1 Å². The van der Waals surface area contributed by atoms with Crippen molar-refractivity contribution in [3.8, 4) is 5.75 Å².